The zero-order chi connectivity index (χ0) is 10.2. The van der Waals surface area contributed by atoms with E-state index >= 15 is 0 Å². The zero-order valence-electron chi connectivity index (χ0n) is 7.96. The maximum atomic E-state index is 10.6. The summed E-state index contributed by atoms with van der Waals surface area (Å²) in [5.41, 5.74) is 0. The molecule has 0 aromatic heterocycles. The van der Waals surface area contributed by atoms with E-state index in [1.54, 1.807) is 0 Å². The third kappa shape index (κ3) is 6.59. The van der Waals surface area contributed by atoms with E-state index in [-0.39, 0.29) is 118 Å². The van der Waals surface area contributed by atoms with Crippen molar-refractivity contribution in [3.63, 3.8) is 0 Å². The van der Waals surface area contributed by atoms with E-state index < -0.39 is 13.2 Å². The van der Waals surface area contributed by atoms with Crippen LogP contribution in [0, 0.1) is 0 Å². The minimum atomic E-state index is -4.91. The van der Waals surface area contributed by atoms with Gasteiger partial charge in [0.25, 0.3) is 0 Å². The van der Waals surface area contributed by atoms with Crippen molar-refractivity contribution in [3.05, 3.63) is 27.2 Å². The van der Waals surface area contributed by atoms with Crippen molar-refractivity contribution >= 4 is 48.1 Å². The molecule has 0 saturated carbocycles. The number of halogens is 3. The Morgan fingerprint density at radius 2 is 1.40 bits per heavy atom. The summed E-state index contributed by atoms with van der Waals surface area (Å²) in [6.07, 6.45) is 0. The Balaban J connectivity index is 0. The maximum Gasteiger partial charge on any atom is 1.00 e. The first-order chi connectivity index (χ1) is 5.82. The smallest absolute Gasteiger partial charge is 0.683 e. The molecule has 0 atom stereocenters. The average Bonchev–Trinajstić information content (AvgIpc) is 1.94. The second-order valence-electron chi connectivity index (χ2n) is 2.22. The van der Waals surface area contributed by atoms with Crippen LogP contribution in [0.3, 0.4) is 0 Å². The van der Waals surface area contributed by atoms with E-state index in [0.717, 1.165) is 6.07 Å². The molecule has 0 unspecified atom stereocenters. The van der Waals surface area contributed by atoms with Gasteiger partial charge in [0, 0.05) is 5.02 Å². The Bertz CT molecular complexity index is 345. The van der Waals surface area contributed by atoms with Gasteiger partial charge in [0.05, 0.1) is 10.3 Å². The van der Waals surface area contributed by atoms with Crippen molar-refractivity contribution in [2.45, 2.75) is 0 Å². The van der Waals surface area contributed by atoms with Gasteiger partial charge >= 0.3 is 103 Å². The van der Waals surface area contributed by atoms with Crippen LogP contribution in [0.25, 0.3) is 0 Å². The molecule has 0 radical (unpaired) electrons. The fourth-order valence-electron chi connectivity index (χ4n) is 0.742. The first-order valence-electron chi connectivity index (χ1n) is 2.99. The van der Waals surface area contributed by atoms with Gasteiger partial charge in [-0.05, 0) is 12.1 Å². The topological polar surface area (TPSA) is 69.2 Å². The molecule has 1 rings (SSSR count). The Hall–Kier alpha value is 3.67. The Labute approximate surface area is 188 Å². The minimum absolute atomic E-state index is 0. The molecular weight excluding hydrogens is 336 g/mol. The number of hydrogen-bond acceptors (Lipinski definition) is 3. The van der Waals surface area contributed by atoms with Crippen LogP contribution < -0.4 is 123 Å². The summed E-state index contributed by atoms with van der Waals surface area (Å²) in [5.74, 6) is 0. The van der Waals surface area contributed by atoms with Crippen LogP contribution in [0.4, 0.5) is 0 Å². The molecule has 0 aliphatic carbocycles. The van der Waals surface area contributed by atoms with Crippen molar-refractivity contribution in [2.24, 2.45) is 0 Å². The minimum Gasteiger partial charge on any atom is -0.683 e. The number of benzene rings is 1. The molecule has 0 N–H and O–H groups in total. The van der Waals surface area contributed by atoms with Crippen LogP contribution in [-0.4, -0.2) is 0 Å². The summed E-state index contributed by atoms with van der Waals surface area (Å²) in [6.45, 7) is 0. The van der Waals surface area contributed by atoms with E-state index in [2.05, 4.69) is 0 Å². The molecule has 1 aromatic carbocycles. The van der Waals surface area contributed by atoms with Crippen molar-refractivity contribution in [1.82, 2.24) is 0 Å². The SMILES string of the molecule is [K+].[K+].[O-][P+]([O-])([O-])c1cc(Cl)cc(Cl)c1Cl. The van der Waals surface area contributed by atoms with Crippen molar-refractivity contribution in [1.29, 1.82) is 0 Å². The van der Waals surface area contributed by atoms with E-state index in [0.29, 0.717) is 0 Å². The molecule has 0 heterocycles. The van der Waals surface area contributed by atoms with E-state index in [4.69, 9.17) is 34.8 Å². The second kappa shape index (κ2) is 8.77. The Morgan fingerprint density at radius 1 is 0.933 bits per heavy atom. The van der Waals surface area contributed by atoms with Crippen molar-refractivity contribution < 1.29 is 117 Å². The third-order valence-corrected chi connectivity index (χ3v) is 3.36. The first kappa shape index (κ1) is 21.0. The first-order valence-corrected chi connectivity index (χ1v) is 5.67. The fraction of sp³-hybridized carbons (Fsp3) is 0. The summed E-state index contributed by atoms with van der Waals surface area (Å²) in [7, 11) is -4.91. The molecule has 0 saturated heterocycles. The van der Waals surface area contributed by atoms with Gasteiger partial charge in [-0.25, -0.2) is 0 Å². The normalized spacial score (nSPS) is 10.3. The van der Waals surface area contributed by atoms with Crippen LogP contribution in [0.2, 0.25) is 15.1 Å². The summed E-state index contributed by atoms with van der Waals surface area (Å²) in [6, 6.07) is 2.22. The monoisotopic (exact) mass is 336 g/mol. The van der Waals surface area contributed by atoms with Gasteiger partial charge in [-0.15, -0.1) is 7.94 Å². The molecule has 9 heteroatoms. The molecule has 0 spiro atoms. The molecule has 15 heavy (non-hydrogen) atoms. The van der Waals surface area contributed by atoms with Gasteiger partial charge in [0.2, 0.25) is 0 Å². The van der Waals surface area contributed by atoms with Crippen molar-refractivity contribution in [2.75, 3.05) is 0 Å². The van der Waals surface area contributed by atoms with Crippen LogP contribution in [0.5, 0.6) is 0 Å². The van der Waals surface area contributed by atoms with Gasteiger partial charge in [-0.3, -0.25) is 0 Å². The molecule has 0 bridgehead atoms. The largest absolute Gasteiger partial charge is 1.00 e. The van der Waals surface area contributed by atoms with Gasteiger partial charge in [0.15, 0.2) is 0 Å². The maximum absolute atomic E-state index is 10.6. The predicted octanol–water partition coefficient (Wildman–Crippen LogP) is -5.88. The average molecular weight is 338 g/mol. The summed E-state index contributed by atoms with van der Waals surface area (Å²) in [4.78, 5) is 31.9. The summed E-state index contributed by atoms with van der Waals surface area (Å²) in [5, 5.41) is -0.876. The van der Waals surface area contributed by atoms with E-state index in [9.17, 15) is 14.7 Å². The van der Waals surface area contributed by atoms with Gasteiger partial charge < -0.3 is 14.7 Å². The molecule has 1 aromatic rings. The van der Waals surface area contributed by atoms with E-state index in [1.165, 1.54) is 6.07 Å². The standard InChI is InChI=1S/C6H4Cl3O3P.2K/c7-3-1-4(8)6(9)5(2-3)13(10,11)12;;/h1-2H,(H2,10,11,12);;/q;2*+1/p-2. The summed E-state index contributed by atoms with van der Waals surface area (Å²) >= 11 is 16.5. The van der Waals surface area contributed by atoms with E-state index in [1.807, 2.05) is 0 Å². The Morgan fingerprint density at radius 3 is 1.80 bits per heavy atom. The molecule has 72 valence electrons. The molecule has 3 nitrogen and oxygen atoms in total. The summed E-state index contributed by atoms with van der Waals surface area (Å²) < 4.78 is 0. The van der Waals surface area contributed by atoms with Gasteiger partial charge in [0.1, 0.15) is 5.02 Å². The zero-order valence-corrected chi connectivity index (χ0v) is 17.4. The van der Waals surface area contributed by atoms with Gasteiger partial charge in [-0.1, -0.05) is 34.8 Å². The molecular formula is C6H2Cl3K2O3P. The quantitative estimate of drug-likeness (QED) is 0.291. The van der Waals surface area contributed by atoms with Crippen molar-refractivity contribution in [3.8, 4) is 0 Å². The predicted molar refractivity (Wildman–Crippen MR) is 48.0 cm³/mol. The molecule has 0 amide bonds. The Kier molecular flexibility index (Phi) is 12.3. The van der Waals surface area contributed by atoms with Gasteiger partial charge in [-0.2, -0.15) is 0 Å². The fourth-order valence-corrected chi connectivity index (χ4v) is 2.45. The third-order valence-electron chi connectivity index (χ3n) is 1.27. The number of hydrogen-bond donors (Lipinski definition) is 0. The van der Waals surface area contributed by atoms with Crippen LogP contribution in [0.15, 0.2) is 12.1 Å². The molecule has 0 aliphatic rings. The second-order valence-corrected chi connectivity index (χ2v) is 4.92. The van der Waals surface area contributed by atoms with Crippen LogP contribution >= 0.6 is 42.7 Å². The molecule has 0 aliphatic heterocycles. The van der Waals surface area contributed by atoms with Crippen LogP contribution in [0.1, 0.15) is 0 Å². The molecule has 0 fully saturated rings. The number of rotatable bonds is 1. The van der Waals surface area contributed by atoms with Crippen LogP contribution in [-0.2, 0) is 0 Å².